The Morgan fingerprint density at radius 3 is 2.41 bits per heavy atom. The van der Waals surface area contributed by atoms with Crippen LogP contribution in [0.3, 0.4) is 0 Å². The Morgan fingerprint density at radius 2 is 1.89 bits per heavy atom. The Morgan fingerprint density at radius 1 is 1.22 bits per heavy atom. The van der Waals surface area contributed by atoms with Gasteiger partial charge >= 0.3 is 11.9 Å². The summed E-state index contributed by atoms with van der Waals surface area (Å²) in [4.78, 5) is 19.5. The highest BCUT2D eigenvalue weighted by Crippen LogP contribution is 2.40. The third kappa shape index (κ3) is 5.85. The van der Waals surface area contributed by atoms with Crippen LogP contribution in [0.4, 0.5) is 18.9 Å². The molecule has 0 saturated carbocycles. The molecule has 0 amide bonds. The lowest BCUT2D eigenvalue weighted by molar-refractivity contribution is -0.385. The first-order chi connectivity index (χ1) is 12.4. The fourth-order valence-corrected chi connectivity index (χ4v) is 2.50. The number of nitro groups is 1. The van der Waals surface area contributed by atoms with Crippen LogP contribution >= 0.6 is 19.0 Å². The van der Waals surface area contributed by atoms with E-state index in [9.17, 15) is 32.7 Å². The number of halogens is 4. The first kappa shape index (κ1) is 21.0. The maximum Gasteiger partial charge on any atom is 0.416 e. The molecule has 0 aromatic heterocycles. The van der Waals surface area contributed by atoms with Gasteiger partial charge in [0.1, 0.15) is 11.5 Å². The number of ether oxygens (including phenoxy) is 2. The summed E-state index contributed by atoms with van der Waals surface area (Å²) >= 11 is 5.79. The van der Waals surface area contributed by atoms with Gasteiger partial charge in [-0.25, -0.2) is 0 Å². The molecule has 0 radical (unpaired) electrons. The van der Waals surface area contributed by atoms with Gasteiger partial charge in [-0.1, -0.05) is 11.6 Å². The van der Waals surface area contributed by atoms with Crippen molar-refractivity contribution in [2.75, 3.05) is 13.0 Å². The van der Waals surface area contributed by atoms with E-state index >= 15 is 0 Å². The Balaban J connectivity index is 2.31. The van der Waals surface area contributed by atoms with Crippen molar-refractivity contribution in [3.63, 3.8) is 0 Å². The minimum Gasteiger partial charge on any atom is -0.476 e. The molecule has 1 N–H and O–H groups in total. The van der Waals surface area contributed by atoms with Crippen LogP contribution in [0.5, 0.6) is 17.2 Å². The van der Waals surface area contributed by atoms with Gasteiger partial charge in [-0.3, -0.25) is 14.7 Å². The second-order valence-electron chi connectivity index (χ2n) is 5.46. The Hall–Kier alpha value is -2.29. The van der Waals surface area contributed by atoms with Crippen LogP contribution in [0.2, 0.25) is 5.02 Å². The summed E-state index contributed by atoms with van der Waals surface area (Å²) in [6.07, 6.45) is -5.24. The maximum atomic E-state index is 12.7. The van der Waals surface area contributed by atoms with Crippen molar-refractivity contribution in [1.29, 1.82) is 0 Å². The molecule has 0 heterocycles. The normalized spacial score (nSPS) is 13.7. The Bertz CT molecular complexity index is 915. The number of hydrogen-bond acceptors (Lipinski definition) is 5. The molecular weight excluding hydrogens is 414 g/mol. The van der Waals surface area contributed by atoms with Gasteiger partial charge in [0.05, 0.1) is 15.5 Å². The molecule has 0 bridgehead atoms. The molecule has 0 saturated heterocycles. The Kier molecular flexibility index (Phi) is 6.04. The van der Waals surface area contributed by atoms with Gasteiger partial charge < -0.3 is 14.4 Å². The van der Waals surface area contributed by atoms with Gasteiger partial charge in [0.25, 0.3) is 0 Å². The van der Waals surface area contributed by atoms with Gasteiger partial charge in [0.15, 0.2) is 6.35 Å². The second kappa shape index (κ2) is 7.75. The van der Waals surface area contributed by atoms with Crippen molar-refractivity contribution in [3.05, 3.63) is 57.1 Å². The number of nitrogens with zero attached hydrogens (tertiary/aromatic N) is 1. The van der Waals surface area contributed by atoms with Gasteiger partial charge in [-0.15, -0.1) is 0 Å². The molecule has 1 atom stereocenters. The number of nitro benzene ring substituents is 1. The van der Waals surface area contributed by atoms with E-state index in [1.807, 2.05) is 0 Å². The molecule has 7 nitrogen and oxygen atoms in total. The van der Waals surface area contributed by atoms with Crippen molar-refractivity contribution in [2.45, 2.75) is 6.18 Å². The SMILES string of the molecule is CP(=O)(O)COc1cc(Oc2ccc(C(F)(F)F)cc2Cl)ccc1[N+](=O)[O-]. The van der Waals surface area contributed by atoms with Gasteiger partial charge in [-0.2, -0.15) is 13.2 Å². The lowest BCUT2D eigenvalue weighted by Gasteiger charge is -2.13. The summed E-state index contributed by atoms with van der Waals surface area (Å²) in [7, 11) is -3.61. The molecule has 2 aromatic rings. The topological polar surface area (TPSA) is 98.9 Å². The summed E-state index contributed by atoms with van der Waals surface area (Å²) in [5.41, 5.74) is -1.44. The molecule has 12 heteroatoms. The average Bonchev–Trinajstić information content (AvgIpc) is 2.53. The molecule has 2 rings (SSSR count). The number of alkyl halides is 3. The molecule has 0 aliphatic heterocycles. The molecule has 0 spiro atoms. The average molecular weight is 426 g/mol. The minimum absolute atomic E-state index is 0.0267. The van der Waals surface area contributed by atoms with Crippen LogP contribution in [-0.4, -0.2) is 22.8 Å². The number of rotatable bonds is 6. The van der Waals surface area contributed by atoms with E-state index in [1.165, 1.54) is 6.07 Å². The summed E-state index contributed by atoms with van der Waals surface area (Å²) in [6.45, 7) is 1.02. The van der Waals surface area contributed by atoms with E-state index in [2.05, 4.69) is 0 Å². The highest BCUT2D eigenvalue weighted by molar-refractivity contribution is 7.56. The molecular formula is C15H12ClF3NO6P. The summed E-state index contributed by atoms with van der Waals surface area (Å²) < 4.78 is 59.7. The Labute approximate surface area is 155 Å². The molecule has 1 unspecified atom stereocenters. The fraction of sp³-hybridized carbons (Fsp3) is 0.200. The predicted molar refractivity (Wildman–Crippen MR) is 90.9 cm³/mol. The van der Waals surface area contributed by atoms with Gasteiger partial charge in [0, 0.05) is 18.8 Å². The molecule has 0 fully saturated rings. The smallest absolute Gasteiger partial charge is 0.416 e. The zero-order valence-electron chi connectivity index (χ0n) is 13.6. The first-order valence-electron chi connectivity index (χ1n) is 7.12. The van der Waals surface area contributed by atoms with Crippen LogP contribution in [0, 0.1) is 10.1 Å². The van der Waals surface area contributed by atoms with Gasteiger partial charge in [0.2, 0.25) is 13.1 Å². The highest BCUT2D eigenvalue weighted by atomic mass is 35.5. The van der Waals surface area contributed by atoms with E-state index in [-0.39, 0.29) is 22.3 Å². The van der Waals surface area contributed by atoms with E-state index in [4.69, 9.17) is 21.1 Å². The first-order valence-corrected chi connectivity index (χ1v) is 9.79. The number of hydrogen-bond donors (Lipinski definition) is 1. The second-order valence-corrected chi connectivity index (χ2v) is 8.22. The van der Waals surface area contributed by atoms with Crippen LogP contribution in [-0.2, 0) is 10.7 Å². The third-order valence-corrected chi connectivity index (χ3v) is 3.98. The third-order valence-electron chi connectivity index (χ3n) is 3.07. The molecule has 0 aliphatic carbocycles. The summed E-state index contributed by atoms with van der Waals surface area (Å²) in [6, 6.07) is 5.73. The van der Waals surface area contributed by atoms with Crippen LogP contribution in [0.25, 0.3) is 0 Å². The minimum atomic E-state index is -4.57. The van der Waals surface area contributed by atoms with Crippen molar-refractivity contribution in [1.82, 2.24) is 0 Å². The van der Waals surface area contributed by atoms with E-state index in [1.54, 1.807) is 0 Å². The van der Waals surface area contributed by atoms with E-state index in [0.29, 0.717) is 6.07 Å². The lowest BCUT2D eigenvalue weighted by atomic mass is 10.2. The van der Waals surface area contributed by atoms with Crippen molar-refractivity contribution in [2.24, 2.45) is 0 Å². The van der Waals surface area contributed by atoms with Crippen LogP contribution in [0.15, 0.2) is 36.4 Å². The summed E-state index contributed by atoms with van der Waals surface area (Å²) in [5, 5.41) is 10.7. The molecule has 0 aliphatic rings. The molecule has 146 valence electrons. The van der Waals surface area contributed by atoms with Crippen molar-refractivity contribution < 1.29 is 37.0 Å². The van der Waals surface area contributed by atoms with Crippen LogP contribution < -0.4 is 9.47 Å². The largest absolute Gasteiger partial charge is 0.476 e. The van der Waals surface area contributed by atoms with E-state index in [0.717, 1.165) is 30.9 Å². The van der Waals surface area contributed by atoms with Crippen molar-refractivity contribution >= 4 is 24.7 Å². The number of benzene rings is 2. The van der Waals surface area contributed by atoms with Crippen LogP contribution in [0.1, 0.15) is 5.56 Å². The lowest BCUT2D eigenvalue weighted by Crippen LogP contribution is -2.04. The predicted octanol–water partition coefficient (Wildman–Crippen LogP) is 5.30. The molecule has 2 aromatic carbocycles. The fourth-order valence-electron chi connectivity index (χ4n) is 1.90. The molecule has 27 heavy (non-hydrogen) atoms. The zero-order chi connectivity index (χ0) is 20.4. The van der Waals surface area contributed by atoms with Gasteiger partial charge in [-0.05, 0) is 24.3 Å². The summed E-state index contributed by atoms with van der Waals surface area (Å²) in [5.74, 6) is -0.481. The van der Waals surface area contributed by atoms with Crippen molar-refractivity contribution in [3.8, 4) is 17.2 Å². The maximum absolute atomic E-state index is 12.7. The van der Waals surface area contributed by atoms with E-state index < -0.39 is 36.1 Å². The zero-order valence-corrected chi connectivity index (χ0v) is 15.2. The standard InChI is InChI=1S/C15H12ClF3NO6P/c1-27(23,24)8-25-14-7-10(3-4-12(14)20(21)22)26-13-5-2-9(6-11(13)16)15(17,18)19/h2-7H,8H2,1H3,(H,23,24). The highest BCUT2D eigenvalue weighted by Gasteiger charge is 2.31. The monoisotopic (exact) mass is 425 g/mol. The quantitative estimate of drug-likeness (QED) is 0.383.